The van der Waals surface area contributed by atoms with Crippen LogP contribution in [0.25, 0.3) is 0 Å². The fourth-order valence-electron chi connectivity index (χ4n) is 1.67. The number of ether oxygens (including phenoxy) is 1. The minimum absolute atomic E-state index is 0.0244. The molecule has 0 aliphatic carbocycles. The molecule has 116 valence electrons. The molecule has 7 heteroatoms. The zero-order valence-corrected chi connectivity index (χ0v) is 12.4. The molecule has 1 atom stereocenters. The largest absolute Gasteiger partial charge is 0.467 e. The fraction of sp³-hybridized carbons (Fsp3) is 0.571. The summed E-state index contributed by atoms with van der Waals surface area (Å²) >= 11 is 0. The van der Waals surface area contributed by atoms with Crippen molar-refractivity contribution in [1.82, 2.24) is 9.78 Å². The van der Waals surface area contributed by atoms with Gasteiger partial charge in [-0.2, -0.15) is 4.68 Å². The third-order valence-electron chi connectivity index (χ3n) is 2.77. The maximum atomic E-state index is 11.6. The molecule has 2 aromatic rings. The number of furan rings is 1. The van der Waals surface area contributed by atoms with Gasteiger partial charge >= 0.3 is 5.76 Å². The highest BCUT2D eigenvalue weighted by Gasteiger charge is 2.23. The van der Waals surface area contributed by atoms with Crippen molar-refractivity contribution in [2.24, 2.45) is 0 Å². The summed E-state index contributed by atoms with van der Waals surface area (Å²) in [5.74, 6) is 0.442. The molecule has 1 N–H and O–H groups in total. The number of hydrogen-bond donors (Lipinski definition) is 1. The van der Waals surface area contributed by atoms with E-state index in [0.717, 1.165) is 4.68 Å². The van der Waals surface area contributed by atoms with Crippen LogP contribution in [0.5, 0.6) is 0 Å². The minimum Gasteiger partial charge on any atom is -0.467 e. The first-order valence-corrected chi connectivity index (χ1v) is 6.73. The van der Waals surface area contributed by atoms with Gasteiger partial charge in [-0.3, -0.25) is 0 Å². The first-order valence-electron chi connectivity index (χ1n) is 6.73. The van der Waals surface area contributed by atoms with Gasteiger partial charge in [-0.05, 0) is 12.1 Å². The molecule has 0 bridgehead atoms. The van der Waals surface area contributed by atoms with E-state index in [0.29, 0.717) is 11.7 Å². The maximum Gasteiger partial charge on any atom is 0.437 e. The second kappa shape index (κ2) is 6.28. The topological polar surface area (TPSA) is 90.6 Å². The van der Waals surface area contributed by atoms with Crippen molar-refractivity contribution in [1.29, 1.82) is 0 Å². The lowest BCUT2D eigenvalue weighted by Gasteiger charge is -2.11. The number of rotatable bonds is 6. The van der Waals surface area contributed by atoms with Crippen LogP contribution in [0, 0.1) is 0 Å². The highest BCUT2D eigenvalue weighted by Crippen LogP contribution is 2.18. The molecule has 0 saturated heterocycles. The van der Waals surface area contributed by atoms with Gasteiger partial charge in [0.15, 0.2) is 0 Å². The van der Waals surface area contributed by atoms with Crippen molar-refractivity contribution in [2.45, 2.75) is 45.4 Å². The maximum absolute atomic E-state index is 11.6. The van der Waals surface area contributed by atoms with Crippen molar-refractivity contribution in [3.63, 3.8) is 0 Å². The van der Waals surface area contributed by atoms with Crippen LogP contribution in [0.15, 0.2) is 32.0 Å². The van der Waals surface area contributed by atoms with Gasteiger partial charge in [-0.15, -0.1) is 5.10 Å². The fourth-order valence-corrected chi connectivity index (χ4v) is 1.67. The summed E-state index contributed by atoms with van der Waals surface area (Å²) in [4.78, 5) is 11.6. The average molecular weight is 296 g/mol. The Morgan fingerprint density at radius 1 is 1.48 bits per heavy atom. The zero-order valence-electron chi connectivity index (χ0n) is 12.4. The van der Waals surface area contributed by atoms with Crippen molar-refractivity contribution in [2.75, 3.05) is 6.61 Å². The standard InChI is InChI=1S/C14H20N2O5/c1-14(2,3)12-15-16(13(18)21-12)7-10(17)8-19-9-11-5-4-6-20-11/h4-6,10,17H,7-9H2,1-3H3. The van der Waals surface area contributed by atoms with Crippen LogP contribution in [-0.2, 0) is 23.3 Å². The molecule has 0 saturated carbocycles. The molecule has 0 fully saturated rings. The van der Waals surface area contributed by atoms with E-state index >= 15 is 0 Å². The Morgan fingerprint density at radius 2 is 2.24 bits per heavy atom. The summed E-state index contributed by atoms with van der Waals surface area (Å²) in [6, 6.07) is 3.54. The van der Waals surface area contributed by atoms with E-state index in [-0.39, 0.29) is 25.2 Å². The molecule has 2 heterocycles. The summed E-state index contributed by atoms with van der Waals surface area (Å²) < 4.78 is 16.6. The highest BCUT2D eigenvalue weighted by atomic mass is 16.5. The second-order valence-electron chi connectivity index (χ2n) is 5.85. The average Bonchev–Trinajstić information content (AvgIpc) is 2.99. The number of aromatic nitrogens is 2. The zero-order chi connectivity index (χ0) is 15.5. The summed E-state index contributed by atoms with van der Waals surface area (Å²) in [6.45, 7) is 6.05. The van der Waals surface area contributed by atoms with Gasteiger partial charge in [-0.25, -0.2) is 4.79 Å². The number of hydrogen-bond acceptors (Lipinski definition) is 6. The Bertz CT molecular complexity index is 606. The molecule has 0 radical (unpaired) electrons. The molecule has 0 aromatic carbocycles. The molecule has 0 spiro atoms. The van der Waals surface area contributed by atoms with Gasteiger partial charge in [0.25, 0.3) is 0 Å². The third-order valence-corrected chi connectivity index (χ3v) is 2.77. The first-order chi connectivity index (χ1) is 9.86. The minimum atomic E-state index is -0.851. The molecule has 2 aromatic heterocycles. The summed E-state index contributed by atoms with van der Waals surface area (Å²) in [5, 5.41) is 14.0. The lowest BCUT2D eigenvalue weighted by Crippen LogP contribution is -2.28. The van der Waals surface area contributed by atoms with Crippen LogP contribution in [-0.4, -0.2) is 27.6 Å². The monoisotopic (exact) mass is 296 g/mol. The second-order valence-corrected chi connectivity index (χ2v) is 5.85. The van der Waals surface area contributed by atoms with Gasteiger partial charge < -0.3 is 18.7 Å². The lowest BCUT2D eigenvalue weighted by molar-refractivity contribution is 0.0123. The molecule has 1 unspecified atom stereocenters. The van der Waals surface area contributed by atoms with E-state index < -0.39 is 11.9 Å². The number of aliphatic hydroxyl groups excluding tert-OH is 1. The van der Waals surface area contributed by atoms with Crippen LogP contribution in [0.1, 0.15) is 32.4 Å². The predicted octanol–water partition coefficient (Wildman–Crippen LogP) is 1.30. The Morgan fingerprint density at radius 3 is 2.81 bits per heavy atom. The van der Waals surface area contributed by atoms with Crippen molar-refractivity contribution < 1.29 is 18.7 Å². The molecular weight excluding hydrogens is 276 g/mol. The number of nitrogens with zero attached hydrogens (tertiary/aromatic N) is 2. The molecule has 0 aliphatic rings. The molecule has 2 rings (SSSR count). The first kappa shape index (κ1) is 15.5. The predicted molar refractivity (Wildman–Crippen MR) is 73.8 cm³/mol. The molecule has 7 nitrogen and oxygen atoms in total. The van der Waals surface area contributed by atoms with Crippen LogP contribution in [0.4, 0.5) is 0 Å². The van der Waals surface area contributed by atoms with Crippen LogP contribution >= 0.6 is 0 Å². The van der Waals surface area contributed by atoms with Crippen LogP contribution in [0.2, 0.25) is 0 Å². The van der Waals surface area contributed by atoms with Gasteiger partial charge in [0.2, 0.25) is 5.89 Å². The van der Waals surface area contributed by atoms with Gasteiger partial charge in [0.05, 0.1) is 25.5 Å². The Labute approximate surface area is 122 Å². The smallest absolute Gasteiger partial charge is 0.437 e. The Balaban J connectivity index is 1.86. The number of aliphatic hydroxyl groups is 1. The summed E-state index contributed by atoms with van der Waals surface area (Å²) in [5.41, 5.74) is -0.356. The summed E-state index contributed by atoms with van der Waals surface area (Å²) in [6.07, 6.45) is 0.702. The Kier molecular flexibility index (Phi) is 4.64. The van der Waals surface area contributed by atoms with E-state index in [2.05, 4.69) is 5.10 Å². The van der Waals surface area contributed by atoms with E-state index in [4.69, 9.17) is 13.6 Å². The highest BCUT2D eigenvalue weighted by molar-refractivity contribution is 4.96. The van der Waals surface area contributed by atoms with Crippen LogP contribution in [0.3, 0.4) is 0 Å². The third kappa shape index (κ3) is 4.30. The van der Waals surface area contributed by atoms with Crippen molar-refractivity contribution in [3.05, 3.63) is 40.6 Å². The van der Waals surface area contributed by atoms with E-state index in [1.54, 1.807) is 18.4 Å². The molecule has 0 amide bonds. The van der Waals surface area contributed by atoms with Crippen molar-refractivity contribution >= 4 is 0 Å². The van der Waals surface area contributed by atoms with Gasteiger partial charge in [0, 0.05) is 5.41 Å². The quantitative estimate of drug-likeness (QED) is 0.864. The SMILES string of the molecule is CC(C)(C)c1nn(CC(O)COCc2ccco2)c(=O)o1. The van der Waals surface area contributed by atoms with E-state index in [9.17, 15) is 9.90 Å². The van der Waals surface area contributed by atoms with Crippen molar-refractivity contribution in [3.8, 4) is 0 Å². The normalized spacial score (nSPS) is 13.5. The molecule has 21 heavy (non-hydrogen) atoms. The summed E-state index contributed by atoms with van der Waals surface area (Å²) in [7, 11) is 0. The van der Waals surface area contributed by atoms with E-state index in [1.165, 1.54) is 0 Å². The molecular formula is C14H20N2O5. The van der Waals surface area contributed by atoms with Gasteiger partial charge in [0.1, 0.15) is 12.4 Å². The molecule has 0 aliphatic heterocycles. The Hall–Kier alpha value is -1.86. The lowest BCUT2D eigenvalue weighted by atomic mass is 9.97. The van der Waals surface area contributed by atoms with Gasteiger partial charge in [-0.1, -0.05) is 20.8 Å². The van der Waals surface area contributed by atoms with E-state index in [1.807, 2.05) is 20.8 Å². The van der Waals surface area contributed by atoms with Crippen LogP contribution < -0.4 is 5.76 Å².